The molecule has 2 aromatic carbocycles. The highest BCUT2D eigenvalue weighted by Crippen LogP contribution is 2.41. The number of pyridine rings is 1. The molecule has 3 aromatic rings. The topological polar surface area (TPSA) is 89.0 Å². The molecule has 0 aliphatic carbocycles. The summed E-state index contributed by atoms with van der Waals surface area (Å²) in [6.07, 6.45) is 3.30. The summed E-state index contributed by atoms with van der Waals surface area (Å²) in [6.45, 7) is 4.93. The predicted molar refractivity (Wildman–Crippen MR) is 127 cm³/mol. The normalized spacial score (nSPS) is 17.1. The number of aromatic nitrogens is 1. The maximum Gasteiger partial charge on any atom is 0.295 e. The van der Waals surface area contributed by atoms with Gasteiger partial charge in [0.15, 0.2) is 0 Å². The molecule has 0 unspecified atom stereocenters. The van der Waals surface area contributed by atoms with Crippen LogP contribution in [-0.2, 0) is 16.1 Å². The van der Waals surface area contributed by atoms with E-state index >= 15 is 0 Å². The van der Waals surface area contributed by atoms with Crippen LogP contribution in [0, 0.1) is 0 Å². The zero-order chi connectivity index (χ0) is 24.1. The third kappa shape index (κ3) is 4.64. The maximum atomic E-state index is 13.2. The second-order valence-corrected chi connectivity index (χ2v) is 7.75. The zero-order valence-corrected chi connectivity index (χ0v) is 19.1. The number of aliphatic hydroxyl groups is 1. The number of hydrogen-bond acceptors (Lipinski definition) is 6. The van der Waals surface area contributed by atoms with E-state index in [-0.39, 0.29) is 17.9 Å². The van der Waals surface area contributed by atoms with Crippen molar-refractivity contribution in [1.29, 1.82) is 0 Å². The van der Waals surface area contributed by atoms with Crippen LogP contribution in [0.2, 0.25) is 0 Å². The van der Waals surface area contributed by atoms with E-state index in [1.807, 2.05) is 32.0 Å². The number of ether oxygens (including phenoxy) is 2. The van der Waals surface area contributed by atoms with E-state index in [0.29, 0.717) is 35.8 Å². The number of aliphatic hydroxyl groups excluding tert-OH is 1. The Balaban J connectivity index is 1.82. The third-order valence-electron chi connectivity index (χ3n) is 5.54. The van der Waals surface area contributed by atoms with Crippen LogP contribution in [-0.4, -0.2) is 39.9 Å². The molecule has 7 heteroatoms. The summed E-state index contributed by atoms with van der Waals surface area (Å²) in [6, 6.07) is 16.8. The summed E-state index contributed by atoms with van der Waals surface area (Å²) in [7, 11) is 0. The molecule has 4 rings (SSSR count). The van der Waals surface area contributed by atoms with Crippen LogP contribution in [0.4, 0.5) is 0 Å². The van der Waals surface area contributed by atoms with Gasteiger partial charge in [-0.1, -0.05) is 18.2 Å². The standard InChI is InChI=1S/C27H26N2O5/c1-3-33-21-12-10-19(11-13-21)25(30)23-24(20-8-5-9-22(15-20)34-4-2)29(27(32)26(23)31)17-18-7-6-14-28-16-18/h5-16,24,30H,3-4,17H2,1-2H3/t24-/m1/s1. The molecular weight excluding hydrogens is 432 g/mol. The fourth-order valence-electron chi connectivity index (χ4n) is 4.05. The molecule has 7 nitrogen and oxygen atoms in total. The van der Waals surface area contributed by atoms with Crippen LogP contribution in [0.3, 0.4) is 0 Å². The van der Waals surface area contributed by atoms with E-state index in [1.54, 1.807) is 54.9 Å². The summed E-state index contributed by atoms with van der Waals surface area (Å²) in [5.41, 5.74) is 1.90. The number of carbonyl (C=O) groups is 2. The van der Waals surface area contributed by atoms with Crippen molar-refractivity contribution in [2.75, 3.05) is 13.2 Å². The Morgan fingerprint density at radius 1 is 0.971 bits per heavy atom. The first-order chi connectivity index (χ1) is 16.5. The summed E-state index contributed by atoms with van der Waals surface area (Å²) in [4.78, 5) is 31.9. The van der Waals surface area contributed by atoms with Crippen LogP contribution in [0.15, 0.2) is 78.6 Å². The molecule has 174 valence electrons. The minimum absolute atomic E-state index is 0.0340. The van der Waals surface area contributed by atoms with Gasteiger partial charge in [0.25, 0.3) is 11.7 Å². The first-order valence-electron chi connectivity index (χ1n) is 11.2. The lowest BCUT2D eigenvalue weighted by Gasteiger charge is -2.25. The fraction of sp³-hybridized carbons (Fsp3) is 0.222. The lowest BCUT2D eigenvalue weighted by Crippen LogP contribution is -2.29. The molecule has 1 aliphatic heterocycles. The largest absolute Gasteiger partial charge is 0.507 e. The number of hydrogen-bond donors (Lipinski definition) is 1. The van der Waals surface area contributed by atoms with E-state index in [9.17, 15) is 14.7 Å². The van der Waals surface area contributed by atoms with Crippen molar-refractivity contribution in [3.05, 3.63) is 95.3 Å². The lowest BCUT2D eigenvalue weighted by atomic mass is 9.95. The van der Waals surface area contributed by atoms with Crippen LogP contribution in [0.1, 0.15) is 36.6 Å². The summed E-state index contributed by atoms with van der Waals surface area (Å²) >= 11 is 0. The highest BCUT2D eigenvalue weighted by molar-refractivity contribution is 6.46. The highest BCUT2D eigenvalue weighted by atomic mass is 16.5. The minimum Gasteiger partial charge on any atom is -0.507 e. The first kappa shape index (κ1) is 23.0. The Morgan fingerprint density at radius 3 is 2.38 bits per heavy atom. The number of ketones is 1. The Kier molecular flexibility index (Phi) is 6.92. The maximum absolute atomic E-state index is 13.2. The van der Waals surface area contributed by atoms with E-state index in [1.165, 1.54) is 4.90 Å². The minimum atomic E-state index is -0.785. The van der Waals surface area contributed by atoms with Crippen molar-refractivity contribution in [3.8, 4) is 11.5 Å². The molecule has 0 radical (unpaired) electrons. The van der Waals surface area contributed by atoms with Crippen LogP contribution in [0.25, 0.3) is 5.76 Å². The smallest absolute Gasteiger partial charge is 0.295 e. The van der Waals surface area contributed by atoms with Crippen molar-refractivity contribution < 1.29 is 24.2 Å². The van der Waals surface area contributed by atoms with E-state index in [4.69, 9.17) is 9.47 Å². The molecule has 1 amide bonds. The van der Waals surface area contributed by atoms with Gasteiger partial charge in [-0.15, -0.1) is 0 Å². The van der Waals surface area contributed by atoms with Crippen LogP contribution < -0.4 is 9.47 Å². The van der Waals surface area contributed by atoms with Gasteiger partial charge in [0.05, 0.1) is 24.8 Å². The second kappa shape index (κ2) is 10.2. The van der Waals surface area contributed by atoms with Gasteiger partial charge in [0, 0.05) is 24.5 Å². The van der Waals surface area contributed by atoms with Gasteiger partial charge in [0.2, 0.25) is 0 Å². The molecule has 34 heavy (non-hydrogen) atoms. The number of likely N-dealkylation sites (tertiary alicyclic amines) is 1. The van der Waals surface area contributed by atoms with Crippen molar-refractivity contribution in [1.82, 2.24) is 9.88 Å². The summed E-state index contributed by atoms with van der Waals surface area (Å²) in [5, 5.41) is 11.2. The number of rotatable bonds is 8. The van der Waals surface area contributed by atoms with Gasteiger partial charge < -0.3 is 19.5 Å². The van der Waals surface area contributed by atoms with Crippen LogP contribution >= 0.6 is 0 Å². The number of nitrogens with zero attached hydrogens (tertiary/aromatic N) is 2. The molecule has 1 saturated heterocycles. The third-order valence-corrected chi connectivity index (χ3v) is 5.54. The monoisotopic (exact) mass is 458 g/mol. The van der Waals surface area contributed by atoms with Crippen molar-refractivity contribution in [2.24, 2.45) is 0 Å². The van der Waals surface area contributed by atoms with Crippen molar-refractivity contribution in [2.45, 2.75) is 26.4 Å². The Labute approximate surface area is 198 Å². The average molecular weight is 459 g/mol. The molecular formula is C27H26N2O5. The van der Waals surface area contributed by atoms with Gasteiger partial charge >= 0.3 is 0 Å². The molecule has 1 fully saturated rings. The SMILES string of the molecule is CCOc1ccc(C(O)=C2C(=O)C(=O)N(Cc3cccnc3)[C@@H]2c2cccc(OCC)c2)cc1. The molecule has 1 N–H and O–H groups in total. The quantitative estimate of drug-likeness (QED) is 0.304. The molecule has 0 saturated carbocycles. The Bertz CT molecular complexity index is 1210. The zero-order valence-electron chi connectivity index (χ0n) is 19.1. The van der Waals surface area contributed by atoms with Gasteiger partial charge in [-0.3, -0.25) is 14.6 Å². The number of Topliss-reactive ketones (excluding diaryl/α,β-unsaturated/α-hetero) is 1. The molecule has 1 aromatic heterocycles. The molecule has 0 spiro atoms. The van der Waals surface area contributed by atoms with Crippen molar-refractivity contribution in [3.63, 3.8) is 0 Å². The number of benzene rings is 2. The van der Waals surface area contributed by atoms with Crippen LogP contribution in [0.5, 0.6) is 11.5 Å². The average Bonchev–Trinajstić information content (AvgIpc) is 3.10. The lowest BCUT2D eigenvalue weighted by molar-refractivity contribution is -0.140. The number of amides is 1. The summed E-state index contributed by atoms with van der Waals surface area (Å²) < 4.78 is 11.1. The number of carbonyl (C=O) groups excluding carboxylic acids is 2. The molecule has 0 bridgehead atoms. The van der Waals surface area contributed by atoms with Gasteiger partial charge in [-0.25, -0.2) is 0 Å². The Morgan fingerprint density at radius 2 is 1.71 bits per heavy atom. The highest BCUT2D eigenvalue weighted by Gasteiger charge is 2.46. The fourth-order valence-corrected chi connectivity index (χ4v) is 4.05. The first-order valence-corrected chi connectivity index (χ1v) is 11.2. The van der Waals surface area contributed by atoms with Crippen molar-refractivity contribution >= 4 is 17.4 Å². The van der Waals surface area contributed by atoms with Gasteiger partial charge in [0.1, 0.15) is 17.3 Å². The van der Waals surface area contributed by atoms with E-state index < -0.39 is 17.7 Å². The van der Waals surface area contributed by atoms with Gasteiger partial charge in [-0.05, 0) is 67.4 Å². The van der Waals surface area contributed by atoms with E-state index in [2.05, 4.69) is 4.98 Å². The second-order valence-electron chi connectivity index (χ2n) is 7.75. The van der Waals surface area contributed by atoms with E-state index in [0.717, 1.165) is 5.56 Å². The molecule has 1 aliphatic rings. The predicted octanol–water partition coefficient (Wildman–Crippen LogP) is 4.50. The Hall–Kier alpha value is -4.13. The molecule has 1 atom stereocenters. The molecule has 2 heterocycles. The summed E-state index contributed by atoms with van der Waals surface area (Å²) in [5.74, 6) is -0.378. The van der Waals surface area contributed by atoms with Gasteiger partial charge in [-0.2, -0.15) is 0 Å².